The molecule has 1 unspecified atom stereocenters. The highest BCUT2D eigenvalue weighted by molar-refractivity contribution is 7.99. The summed E-state index contributed by atoms with van der Waals surface area (Å²) in [6.45, 7) is 0.154. The van der Waals surface area contributed by atoms with Gasteiger partial charge in [-0.3, -0.25) is 0 Å². The average molecular weight is 278 g/mol. The summed E-state index contributed by atoms with van der Waals surface area (Å²) in [6.07, 6.45) is 2.38. The molecule has 1 fully saturated rings. The number of aliphatic hydroxyl groups is 1. The molecule has 3 rings (SSSR count). The average Bonchev–Trinajstić information content (AvgIpc) is 3.21. The minimum absolute atomic E-state index is 0.154. The van der Waals surface area contributed by atoms with Crippen molar-refractivity contribution >= 4 is 22.9 Å². The number of aliphatic hydroxyl groups excluding tert-OH is 1. The zero-order valence-electron chi connectivity index (χ0n) is 10.9. The molecule has 1 aliphatic rings. The second-order valence-electron chi connectivity index (χ2n) is 5.07. The molecule has 0 saturated heterocycles. The van der Waals surface area contributed by atoms with E-state index in [-0.39, 0.29) is 12.1 Å². The summed E-state index contributed by atoms with van der Waals surface area (Å²) < 4.78 is 5.70. The number of thioether (sulfide) groups is 1. The zero-order chi connectivity index (χ0) is 13.3. The highest BCUT2D eigenvalue weighted by Crippen LogP contribution is 2.42. The van der Waals surface area contributed by atoms with Crippen LogP contribution in [0.3, 0.4) is 0 Å². The van der Waals surface area contributed by atoms with Crippen LogP contribution in [0, 0.1) is 5.92 Å². The van der Waals surface area contributed by atoms with E-state index in [1.54, 1.807) is 11.8 Å². The molecule has 1 saturated carbocycles. The number of rotatable bonds is 6. The van der Waals surface area contributed by atoms with Crippen LogP contribution in [0.15, 0.2) is 33.9 Å². The van der Waals surface area contributed by atoms with Crippen molar-refractivity contribution in [1.29, 1.82) is 0 Å². The molecule has 0 bridgehead atoms. The molecule has 1 aromatic heterocycles. The maximum absolute atomic E-state index is 9.68. The monoisotopic (exact) mass is 278 g/mol. The van der Waals surface area contributed by atoms with Gasteiger partial charge >= 0.3 is 0 Å². The fourth-order valence-corrected chi connectivity index (χ4v) is 3.55. The SMILES string of the molecule is CNC(CO)(CSc1nc2ccccc2o1)C1CC1. The minimum atomic E-state index is -0.203. The molecular formula is C14H18N2O2S. The van der Waals surface area contributed by atoms with Crippen LogP contribution in [0.5, 0.6) is 0 Å². The van der Waals surface area contributed by atoms with E-state index >= 15 is 0 Å². The van der Waals surface area contributed by atoms with Gasteiger partial charge < -0.3 is 14.8 Å². The molecule has 102 valence electrons. The Balaban J connectivity index is 1.74. The number of aromatic nitrogens is 1. The fourth-order valence-electron chi connectivity index (χ4n) is 2.39. The number of nitrogens with one attached hydrogen (secondary N) is 1. The van der Waals surface area contributed by atoms with Crippen LogP contribution >= 0.6 is 11.8 Å². The lowest BCUT2D eigenvalue weighted by Gasteiger charge is -2.30. The van der Waals surface area contributed by atoms with E-state index in [1.807, 2.05) is 31.3 Å². The van der Waals surface area contributed by atoms with Gasteiger partial charge in [0.25, 0.3) is 5.22 Å². The summed E-state index contributed by atoms with van der Waals surface area (Å²) in [6, 6.07) is 7.76. The second-order valence-corrected chi connectivity index (χ2v) is 6.00. The molecule has 0 spiro atoms. The number of likely N-dealkylation sites (N-methyl/N-ethyl adjacent to an activating group) is 1. The first-order valence-electron chi connectivity index (χ1n) is 6.55. The Morgan fingerprint density at radius 1 is 1.47 bits per heavy atom. The van der Waals surface area contributed by atoms with Gasteiger partial charge in [-0.2, -0.15) is 0 Å². The summed E-state index contributed by atoms with van der Waals surface area (Å²) in [5.41, 5.74) is 1.50. The predicted octanol–water partition coefficient (Wildman–Crippen LogP) is 2.28. The number of oxazole rings is 1. The highest BCUT2D eigenvalue weighted by Gasteiger charge is 2.43. The minimum Gasteiger partial charge on any atom is -0.431 e. The van der Waals surface area contributed by atoms with Gasteiger partial charge in [0.2, 0.25) is 0 Å². The summed E-state index contributed by atoms with van der Waals surface area (Å²) in [7, 11) is 1.92. The van der Waals surface area contributed by atoms with Crippen molar-refractivity contribution in [1.82, 2.24) is 10.3 Å². The number of hydrogen-bond acceptors (Lipinski definition) is 5. The van der Waals surface area contributed by atoms with Crippen LogP contribution in [0.25, 0.3) is 11.1 Å². The lowest BCUT2D eigenvalue weighted by Crippen LogP contribution is -2.51. The van der Waals surface area contributed by atoms with Gasteiger partial charge in [-0.1, -0.05) is 23.9 Å². The molecule has 1 atom stereocenters. The molecule has 2 aromatic rings. The third-order valence-corrected chi connectivity index (χ3v) is 4.95. The van der Waals surface area contributed by atoms with Crippen molar-refractivity contribution in [3.63, 3.8) is 0 Å². The molecule has 1 aromatic carbocycles. The molecule has 0 radical (unpaired) electrons. The smallest absolute Gasteiger partial charge is 0.256 e. The number of fused-ring (bicyclic) bond motifs is 1. The molecule has 1 aliphatic carbocycles. The van der Waals surface area contributed by atoms with E-state index < -0.39 is 0 Å². The topological polar surface area (TPSA) is 58.3 Å². The van der Waals surface area contributed by atoms with Crippen molar-refractivity contribution < 1.29 is 9.52 Å². The van der Waals surface area contributed by atoms with Crippen molar-refractivity contribution in [2.24, 2.45) is 5.92 Å². The maximum atomic E-state index is 9.68. The lowest BCUT2D eigenvalue weighted by molar-refractivity contribution is 0.167. The summed E-state index contributed by atoms with van der Waals surface area (Å²) in [4.78, 5) is 4.45. The first-order chi connectivity index (χ1) is 9.27. The number of nitrogens with zero attached hydrogens (tertiary/aromatic N) is 1. The first-order valence-corrected chi connectivity index (χ1v) is 7.54. The van der Waals surface area contributed by atoms with E-state index in [0.29, 0.717) is 11.1 Å². The van der Waals surface area contributed by atoms with Crippen LogP contribution in [0.1, 0.15) is 12.8 Å². The Morgan fingerprint density at radius 2 is 2.26 bits per heavy atom. The summed E-state index contributed by atoms with van der Waals surface area (Å²) in [5, 5.41) is 13.6. The molecule has 0 aliphatic heterocycles. The molecule has 5 heteroatoms. The predicted molar refractivity (Wildman–Crippen MR) is 76.3 cm³/mol. The molecule has 2 N–H and O–H groups in total. The van der Waals surface area contributed by atoms with Crippen LogP contribution in [0.4, 0.5) is 0 Å². The Kier molecular flexibility index (Phi) is 3.52. The van der Waals surface area contributed by atoms with Gasteiger partial charge in [-0.15, -0.1) is 0 Å². The molecule has 1 heterocycles. The van der Waals surface area contributed by atoms with Crippen molar-refractivity contribution in [2.75, 3.05) is 19.4 Å². The standard InChI is InChI=1S/C14H18N2O2S/c1-15-14(8-17,10-6-7-10)9-19-13-16-11-4-2-3-5-12(11)18-13/h2-5,10,15,17H,6-9H2,1H3. The van der Waals surface area contributed by atoms with Crippen LogP contribution < -0.4 is 5.32 Å². The quantitative estimate of drug-likeness (QED) is 0.794. The maximum Gasteiger partial charge on any atom is 0.256 e. The van der Waals surface area contributed by atoms with E-state index in [0.717, 1.165) is 16.9 Å². The van der Waals surface area contributed by atoms with E-state index in [1.165, 1.54) is 12.8 Å². The van der Waals surface area contributed by atoms with Gasteiger partial charge in [0, 0.05) is 5.75 Å². The number of benzene rings is 1. The summed E-state index contributed by atoms with van der Waals surface area (Å²) in [5.74, 6) is 1.34. The van der Waals surface area contributed by atoms with Gasteiger partial charge in [-0.05, 0) is 37.9 Å². The molecule has 0 amide bonds. The lowest BCUT2D eigenvalue weighted by atomic mass is 9.97. The van der Waals surface area contributed by atoms with Gasteiger partial charge in [0.15, 0.2) is 5.58 Å². The van der Waals surface area contributed by atoms with E-state index in [9.17, 15) is 5.11 Å². The number of para-hydroxylation sites is 2. The van der Waals surface area contributed by atoms with Gasteiger partial charge in [0.1, 0.15) is 5.52 Å². The third-order valence-electron chi connectivity index (χ3n) is 3.87. The van der Waals surface area contributed by atoms with Crippen LogP contribution in [-0.2, 0) is 0 Å². The number of hydrogen-bond donors (Lipinski definition) is 2. The van der Waals surface area contributed by atoms with Crippen molar-refractivity contribution in [3.8, 4) is 0 Å². The molecule has 4 nitrogen and oxygen atoms in total. The third kappa shape index (κ3) is 2.50. The second kappa shape index (κ2) is 5.15. The first kappa shape index (κ1) is 13.0. The normalized spacial score (nSPS) is 18.6. The van der Waals surface area contributed by atoms with Crippen molar-refractivity contribution in [2.45, 2.75) is 23.6 Å². The Morgan fingerprint density at radius 3 is 2.89 bits per heavy atom. The van der Waals surface area contributed by atoms with E-state index in [4.69, 9.17) is 4.42 Å². The van der Waals surface area contributed by atoms with Crippen molar-refractivity contribution in [3.05, 3.63) is 24.3 Å². The Hall–Kier alpha value is -1.04. The Bertz CT molecular complexity index is 528. The fraction of sp³-hybridized carbons (Fsp3) is 0.500. The largest absolute Gasteiger partial charge is 0.431 e. The van der Waals surface area contributed by atoms with Gasteiger partial charge in [-0.25, -0.2) is 4.98 Å². The van der Waals surface area contributed by atoms with Gasteiger partial charge in [0.05, 0.1) is 12.1 Å². The van der Waals surface area contributed by atoms with Crippen LogP contribution in [0.2, 0.25) is 0 Å². The molecule has 19 heavy (non-hydrogen) atoms. The molecular weight excluding hydrogens is 260 g/mol. The highest BCUT2D eigenvalue weighted by atomic mass is 32.2. The Labute approximate surface area is 116 Å². The summed E-state index contributed by atoms with van der Waals surface area (Å²) >= 11 is 1.57. The van der Waals surface area contributed by atoms with Crippen LogP contribution in [-0.4, -0.2) is 35.0 Å². The zero-order valence-corrected chi connectivity index (χ0v) is 11.7. The van der Waals surface area contributed by atoms with E-state index in [2.05, 4.69) is 10.3 Å².